The van der Waals surface area contributed by atoms with Gasteiger partial charge in [-0.05, 0) is 46.2 Å². The van der Waals surface area contributed by atoms with Gasteiger partial charge in [0, 0.05) is 11.1 Å². The highest BCUT2D eigenvalue weighted by Crippen LogP contribution is 2.32. The predicted molar refractivity (Wildman–Crippen MR) is 123 cm³/mol. The maximum Gasteiger partial charge on any atom is 0.262 e. The second kappa shape index (κ2) is 8.42. The van der Waals surface area contributed by atoms with Crippen LogP contribution in [0.5, 0.6) is 5.75 Å². The first-order valence-electron chi connectivity index (χ1n) is 10.1. The zero-order chi connectivity index (χ0) is 21.0. The van der Waals surface area contributed by atoms with Gasteiger partial charge in [-0.2, -0.15) is 0 Å². The monoisotopic (exact) mass is 395 g/mol. The van der Waals surface area contributed by atoms with Crippen LogP contribution in [0.25, 0.3) is 10.8 Å². The van der Waals surface area contributed by atoms with Crippen molar-refractivity contribution in [3.05, 3.63) is 108 Å². The molecule has 0 saturated heterocycles. The normalized spacial score (nSPS) is 11.3. The van der Waals surface area contributed by atoms with E-state index >= 15 is 0 Å². The average Bonchev–Trinajstić information content (AvgIpc) is 2.78. The van der Waals surface area contributed by atoms with E-state index in [-0.39, 0.29) is 17.9 Å². The van der Waals surface area contributed by atoms with E-state index in [1.165, 1.54) is 11.1 Å². The van der Waals surface area contributed by atoms with Gasteiger partial charge >= 0.3 is 0 Å². The van der Waals surface area contributed by atoms with E-state index in [9.17, 15) is 4.79 Å². The molecule has 4 aromatic rings. The maximum absolute atomic E-state index is 12.3. The van der Waals surface area contributed by atoms with Gasteiger partial charge < -0.3 is 10.1 Å². The molecule has 0 spiro atoms. The van der Waals surface area contributed by atoms with Crippen molar-refractivity contribution in [3.8, 4) is 5.75 Å². The SMILES string of the molecule is CC(C)(c1ccccc1)c1ccc(OCC(=O)Nc2ccc3ccccc3c2)cc1. The molecule has 0 radical (unpaired) electrons. The van der Waals surface area contributed by atoms with Gasteiger partial charge in [-0.1, -0.05) is 86.6 Å². The van der Waals surface area contributed by atoms with Crippen LogP contribution in [0.15, 0.2) is 97.1 Å². The van der Waals surface area contributed by atoms with Crippen molar-refractivity contribution >= 4 is 22.4 Å². The first-order chi connectivity index (χ1) is 14.5. The summed E-state index contributed by atoms with van der Waals surface area (Å²) < 4.78 is 5.69. The lowest BCUT2D eigenvalue weighted by atomic mass is 9.78. The molecule has 0 aliphatic heterocycles. The molecule has 0 heterocycles. The molecule has 0 bridgehead atoms. The van der Waals surface area contributed by atoms with Gasteiger partial charge in [0.25, 0.3) is 5.91 Å². The Bertz CT molecular complexity index is 1150. The summed E-state index contributed by atoms with van der Waals surface area (Å²) in [6.07, 6.45) is 0. The lowest BCUT2D eigenvalue weighted by molar-refractivity contribution is -0.118. The van der Waals surface area contributed by atoms with Crippen LogP contribution < -0.4 is 10.1 Å². The Hall–Kier alpha value is -3.59. The zero-order valence-electron chi connectivity index (χ0n) is 17.3. The molecule has 0 fully saturated rings. The van der Waals surface area contributed by atoms with E-state index in [1.54, 1.807) is 0 Å². The third-order valence-electron chi connectivity index (χ3n) is 5.47. The number of hydrogen-bond donors (Lipinski definition) is 1. The Kier molecular flexibility index (Phi) is 5.53. The summed E-state index contributed by atoms with van der Waals surface area (Å²) in [4.78, 5) is 12.3. The van der Waals surface area contributed by atoms with E-state index in [0.717, 1.165) is 16.5 Å². The van der Waals surface area contributed by atoms with Gasteiger partial charge in [0.05, 0.1) is 0 Å². The number of nitrogens with one attached hydrogen (secondary N) is 1. The number of anilines is 1. The summed E-state index contributed by atoms with van der Waals surface area (Å²) in [7, 11) is 0. The van der Waals surface area contributed by atoms with Gasteiger partial charge in [0.15, 0.2) is 6.61 Å². The molecule has 4 rings (SSSR count). The summed E-state index contributed by atoms with van der Waals surface area (Å²) in [5.74, 6) is 0.496. The fourth-order valence-corrected chi connectivity index (χ4v) is 3.60. The second-order valence-electron chi connectivity index (χ2n) is 7.91. The molecule has 0 unspecified atom stereocenters. The molecule has 150 valence electrons. The van der Waals surface area contributed by atoms with Crippen molar-refractivity contribution in [3.63, 3.8) is 0 Å². The maximum atomic E-state index is 12.3. The number of benzene rings is 4. The highest BCUT2D eigenvalue weighted by atomic mass is 16.5. The molecule has 0 aliphatic carbocycles. The van der Waals surface area contributed by atoms with Gasteiger partial charge in [0.1, 0.15) is 5.75 Å². The molecule has 30 heavy (non-hydrogen) atoms. The third-order valence-corrected chi connectivity index (χ3v) is 5.47. The standard InChI is InChI=1S/C27H25NO2/c1-27(2,22-10-4-3-5-11-22)23-13-16-25(17-14-23)30-19-26(29)28-24-15-12-20-8-6-7-9-21(20)18-24/h3-18H,19H2,1-2H3,(H,28,29). The predicted octanol–water partition coefficient (Wildman–Crippen LogP) is 6.18. The molecular formula is C27H25NO2. The molecule has 3 nitrogen and oxygen atoms in total. The summed E-state index contributed by atoms with van der Waals surface area (Å²) in [5, 5.41) is 5.13. The number of hydrogen-bond acceptors (Lipinski definition) is 2. The Morgan fingerprint density at radius 3 is 2.13 bits per heavy atom. The molecule has 0 atom stereocenters. The van der Waals surface area contributed by atoms with Crippen LogP contribution in [-0.2, 0) is 10.2 Å². The second-order valence-corrected chi connectivity index (χ2v) is 7.91. The molecule has 0 aromatic heterocycles. The van der Waals surface area contributed by atoms with Crippen LogP contribution in [-0.4, -0.2) is 12.5 Å². The summed E-state index contributed by atoms with van der Waals surface area (Å²) in [6, 6.07) is 32.3. The Balaban J connectivity index is 1.37. The fourth-order valence-electron chi connectivity index (χ4n) is 3.60. The minimum absolute atomic E-state index is 0.0335. The van der Waals surface area contributed by atoms with Crippen LogP contribution in [0.1, 0.15) is 25.0 Å². The van der Waals surface area contributed by atoms with Crippen LogP contribution in [0.2, 0.25) is 0 Å². The zero-order valence-corrected chi connectivity index (χ0v) is 17.3. The number of rotatable bonds is 6. The smallest absolute Gasteiger partial charge is 0.262 e. The summed E-state index contributed by atoms with van der Waals surface area (Å²) in [6.45, 7) is 4.37. The molecule has 0 saturated carbocycles. The Morgan fingerprint density at radius 2 is 1.40 bits per heavy atom. The summed E-state index contributed by atoms with van der Waals surface area (Å²) in [5.41, 5.74) is 3.12. The van der Waals surface area contributed by atoms with Crippen molar-refractivity contribution < 1.29 is 9.53 Å². The molecular weight excluding hydrogens is 370 g/mol. The molecule has 0 aliphatic rings. The van der Waals surface area contributed by atoms with Crippen molar-refractivity contribution in [2.45, 2.75) is 19.3 Å². The number of carbonyl (C=O) groups is 1. The lowest BCUT2D eigenvalue weighted by Gasteiger charge is -2.26. The minimum Gasteiger partial charge on any atom is -0.484 e. The largest absolute Gasteiger partial charge is 0.484 e. The van der Waals surface area contributed by atoms with Crippen molar-refractivity contribution in [1.29, 1.82) is 0 Å². The van der Waals surface area contributed by atoms with Crippen LogP contribution in [0.4, 0.5) is 5.69 Å². The van der Waals surface area contributed by atoms with Crippen LogP contribution in [0.3, 0.4) is 0 Å². The Labute approximate surface area is 177 Å². The number of fused-ring (bicyclic) bond motifs is 1. The van der Waals surface area contributed by atoms with E-state index in [2.05, 4.69) is 55.6 Å². The lowest BCUT2D eigenvalue weighted by Crippen LogP contribution is -2.20. The van der Waals surface area contributed by atoms with Crippen molar-refractivity contribution in [1.82, 2.24) is 0 Å². The highest BCUT2D eigenvalue weighted by molar-refractivity contribution is 5.95. The fraction of sp³-hybridized carbons (Fsp3) is 0.148. The number of ether oxygens (including phenoxy) is 1. The number of carbonyl (C=O) groups excluding carboxylic acids is 1. The van der Waals surface area contributed by atoms with E-state index in [0.29, 0.717) is 5.75 Å². The van der Waals surface area contributed by atoms with Gasteiger partial charge in [-0.15, -0.1) is 0 Å². The molecule has 1 N–H and O–H groups in total. The van der Waals surface area contributed by atoms with Crippen LogP contribution in [0, 0.1) is 0 Å². The van der Waals surface area contributed by atoms with Crippen molar-refractivity contribution in [2.75, 3.05) is 11.9 Å². The van der Waals surface area contributed by atoms with Gasteiger partial charge in [0.2, 0.25) is 0 Å². The summed E-state index contributed by atoms with van der Waals surface area (Å²) >= 11 is 0. The minimum atomic E-state index is -0.182. The van der Waals surface area contributed by atoms with E-state index < -0.39 is 0 Å². The molecule has 4 aromatic carbocycles. The Morgan fingerprint density at radius 1 is 0.767 bits per heavy atom. The van der Waals surface area contributed by atoms with E-state index in [4.69, 9.17) is 4.74 Å². The van der Waals surface area contributed by atoms with Crippen LogP contribution >= 0.6 is 0 Å². The number of amides is 1. The van der Waals surface area contributed by atoms with E-state index in [1.807, 2.05) is 60.7 Å². The molecule has 3 heteroatoms. The van der Waals surface area contributed by atoms with Gasteiger partial charge in [-0.25, -0.2) is 0 Å². The van der Waals surface area contributed by atoms with Crippen molar-refractivity contribution in [2.24, 2.45) is 0 Å². The van der Waals surface area contributed by atoms with Gasteiger partial charge in [-0.3, -0.25) is 4.79 Å². The highest BCUT2D eigenvalue weighted by Gasteiger charge is 2.22. The average molecular weight is 396 g/mol. The first kappa shape index (κ1) is 19.7. The molecule has 1 amide bonds. The topological polar surface area (TPSA) is 38.3 Å². The first-order valence-corrected chi connectivity index (χ1v) is 10.1. The third kappa shape index (κ3) is 4.36. The quantitative estimate of drug-likeness (QED) is 0.423.